The van der Waals surface area contributed by atoms with Gasteiger partial charge in [-0.05, 0) is 92.0 Å². The second kappa shape index (κ2) is 13.6. The predicted octanol–water partition coefficient (Wildman–Crippen LogP) is 14.5. The van der Waals surface area contributed by atoms with E-state index in [2.05, 4.69) is 184 Å². The molecule has 1 aliphatic rings. The van der Waals surface area contributed by atoms with Gasteiger partial charge >= 0.3 is 0 Å². The minimum absolute atomic E-state index is 0.105. The zero-order valence-electron chi connectivity index (χ0n) is 32.1. The van der Waals surface area contributed by atoms with E-state index in [0.29, 0.717) is 17.5 Å². The summed E-state index contributed by atoms with van der Waals surface area (Å²) in [6.07, 6.45) is 0. The van der Waals surface area contributed by atoms with Crippen LogP contribution in [0.2, 0.25) is 0 Å². The maximum Gasteiger partial charge on any atom is 0.164 e. The zero-order valence-corrected chi connectivity index (χ0v) is 33.0. The summed E-state index contributed by atoms with van der Waals surface area (Å²) in [4.78, 5) is 15.6. The Bertz CT molecular complexity index is 3200. The van der Waals surface area contributed by atoms with Crippen molar-refractivity contribution < 1.29 is 0 Å². The summed E-state index contributed by atoms with van der Waals surface area (Å²) < 4.78 is 2.58. The monoisotopic (exact) mass is 759 g/mol. The number of thiophene rings is 1. The molecule has 2 heterocycles. The van der Waals surface area contributed by atoms with Gasteiger partial charge in [-0.3, -0.25) is 0 Å². The number of fused-ring (bicyclic) bond motifs is 6. The molecule has 0 radical (unpaired) electrons. The zero-order chi connectivity index (χ0) is 38.8. The summed E-state index contributed by atoms with van der Waals surface area (Å²) in [6.45, 7) is 4.67. The van der Waals surface area contributed by atoms with Gasteiger partial charge in [0.2, 0.25) is 0 Å². The molecule has 0 unspecified atom stereocenters. The summed E-state index contributed by atoms with van der Waals surface area (Å²) in [5, 5.41) is 2.57. The fraction of sp³-hybridized carbons (Fsp3) is 0.0556. The molecule has 0 saturated heterocycles. The molecule has 0 amide bonds. The summed E-state index contributed by atoms with van der Waals surface area (Å²) >= 11 is 1.85. The van der Waals surface area contributed by atoms with Gasteiger partial charge < -0.3 is 0 Å². The van der Waals surface area contributed by atoms with Crippen molar-refractivity contribution in [3.05, 3.63) is 199 Å². The molecule has 1 aliphatic carbocycles. The number of benzene rings is 8. The third-order valence-corrected chi connectivity index (χ3v) is 12.9. The van der Waals surface area contributed by atoms with Crippen LogP contribution in [0.1, 0.15) is 25.0 Å². The molecule has 8 aromatic carbocycles. The van der Waals surface area contributed by atoms with Gasteiger partial charge in [-0.15, -0.1) is 11.3 Å². The lowest BCUT2D eigenvalue weighted by atomic mass is 9.81. The highest BCUT2D eigenvalue weighted by Gasteiger charge is 2.35. The molecule has 0 saturated carbocycles. The van der Waals surface area contributed by atoms with Crippen LogP contribution in [-0.2, 0) is 5.41 Å². The summed E-state index contributed by atoms with van der Waals surface area (Å²) in [5.41, 5.74) is 14.9. The Balaban J connectivity index is 1.08. The van der Waals surface area contributed by atoms with E-state index in [1.807, 2.05) is 29.5 Å². The van der Waals surface area contributed by atoms with Crippen LogP contribution in [0, 0.1) is 0 Å². The molecule has 0 bridgehead atoms. The molecule has 58 heavy (non-hydrogen) atoms. The lowest BCUT2D eigenvalue weighted by molar-refractivity contribution is 0.660. The van der Waals surface area contributed by atoms with Crippen molar-refractivity contribution in [1.82, 2.24) is 15.0 Å². The van der Waals surface area contributed by atoms with Crippen LogP contribution in [0.4, 0.5) is 0 Å². The van der Waals surface area contributed by atoms with Crippen molar-refractivity contribution in [2.24, 2.45) is 0 Å². The van der Waals surface area contributed by atoms with Gasteiger partial charge in [-0.1, -0.05) is 166 Å². The van der Waals surface area contributed by atoms with Crippen LogP contribution in [0.3, 0.4) is 0 Å². The van der Waals surface area contributed by atoms with Gasteiger partial charge in [0.25, 0.3) is 0 Å². The first kappa shape index (κ1) is 34.3. The Hall–Kier alpha value is -7.01. The van der Waals surface area contributed by atoms with E-state index in [9.17, 15) is 0 Å². The standard InChI is InChI=1S/C54H37N3S/c1-54(2)47-25-11-9-21-43(47)44-28-27-36(33-48(44)54)40-30-39(34-15-5-3-6-16-34)31-41(32-40)53-56-51(35-17-7-4-8-18-35)55-52(57-53)38-20-13-19-37(29-38)42-23-14-24-46-45-22-10-12-26-49(45)58-50(42)46/h3-33H,1-2H3. The van der Waals surface area contributed by atoms with Crippen LogP contribution < -0.4 is 0 Å². The molecule has 3 nitrogen and oxygen atoms in total. The van der Waals surface area contributed by atoms with Crippen molar-refractivity contribution in [2.45, 2.75) is 19.3 Å². The molecule has 0 aliphatic heterocycles. The minimum atomic E-state index is -0.105. The van der Waals surface area contributed by atoms with Crippen LogP contribution >= 0.6 is 11.3 Å². The number of rotatable bonds is 6. The van der Waals surface area contributed by atoms with E-state index in [0.717, 1.165) is 38.9 Å². The number of nitrogens with zero attached hydrogens (tertiary/aromatic N) is 3. The topological polar surface area (TPSA) is 38.7 Å². The van der Waals surface area contributed by atoms with Gasteiger partial charge in [0.05, 0.1) is 0 Å². The first-order valence-corrected chi connectivity index (χ1v) is 20.6. The van der Waals surface area contributed by atoms with Gasteiger partial charge in [-0.25, -0.2) is 15.0 Å². The smallest absolute Gasteiger partial charge is 0.164 e. The van der Waals surface area contributed by atoms with Crippen LogP contribution in [0.15, 0.2) is 188 Å². The minimum Gasteiger partial charge on any atom is -0.208 e. The Morgan fingerprint density at radius 2 is 0.879 bits per heavy atom. The number of hydrogen-bond donors (Lipinski definition) is 0. The summed E-state index contributed by atoms with van der Waals surface area (Å²) in [6, 6.07) is 67.3. The molecule has 0 N–H and O–H groups in total. The molecule has 10 aromatic rings. The maximum atomic E-state index is 5.29. The number of hydrogen-bond acceptors (Lipinski definition) is 4. The lowest BCUT2D eigenvalue weighted by Crippen LogP contribution is -2.14. The third kappa shape index (κ3) is 5.76. The Morgan fingerprint density at radius 1 is 0.345 bits per heavy atom. The van der Waals surface area contributed by atoms with E-state index in [-0.39, 0.29) is 5.41 Å². The average Bonchev–Trinajstić information content (AvgIpc) is 3.78. The van der Waals surface area contributed by atoms with E-state index in [1.165, 1.54) is 53.6 Å². The second-order valence-electron chi connectivity index (χ2n) is 15.6. The Labute approximate surface area is 342 Å². The lowest BCUT2D eigenvalue weighted by Gasteiger charge is -2.22. The first-order valence-electron chi connectivity index (χ1n) is 19.8. The molecular formula is C54H37N3S. The van der Waals surface area contributed by atoms with Gasteiger partial charge in [-0.2, -0.15) is 0 Å². The fourth-order valence-electron chi connectivity index (χ4n) is 8.76. The molecular weight excluding hydrogens is 723 g/mol. The van der Waals surface area contributed by atoms with Crippen molar-refractivity contribution in [3.8, 4) is 78.7 Å². The maximum absolute atomic E-state index is 5.29. The van der Waals surface area contributed by atoms with Gasteiger partial charge in [0.1, 0.15) is 0 Å². The second-order valence-corrected chi connectivity index (χ2v) is 16.7. The summed E-state index contributed by atoms with van der Waals surface area (Å²) in [7, 11) is 0. The van der Waals surface area contributed by atoms with E-state index in [1.54, 1.807) is 0 Å². The fourth-order valence-corrected chi connectivity index (χ4v) is 9.99. The van der Waals surface area contributed by atoms with Crippen LogP contribution in [0.5, 0.6) is 0 Å². The largest absolute Gasteiger partial charge is 0.208 e. The van der Waals surface area contributed by atoms with Crippen molar-refractivity contribution in [1.29, 1.82) is 0 Å². The highest BCUT2D eigenvalue weighted by Crippen LogP contribution is 2.50. The molecule has 0 spiro atoms. The Morgan fingerprint density at radius 3 is 1.69 bits per heavy atom. The number of aromatic nitrogens is 3. The molecule has 11 rings (SSSR count). The predicted molar refractivity (Wildman–Crippen MR) is 243 cm³/mol. The van der Waals surface area contributed by atoms with E-state index >= 15 is 0 Å². The van der Waals surface area contributed by atoms with Crippen molar-refractivity contribution in [3.63, 3.8) is 0 Å². The molecule has 2 aromatic heterocycles. The molecule has 0 atom stereocenters. The average molecular weight is 760 g/mol. The SMILES string of the molecule is CC1(C)c2ccccc2-c2ccc(-c3cc(-c4ccccc4)cc(-c4nc(-c5ccccc5)nc(-c5cccc(-c6cccc7c6sc6ccccc67)c5)n4)c3)cc21. The van der Waals surface area contributed by atoms with Crippen LogP contribution in [-0.4, -0.2) is 15.0 Å². The Kier molecular flexibility index (Phi) is 8.02. The first-order chi connectivity index (χ1) is 28.5. The molecule has 0 fully saturated rings. The third-order valence-electron chi connectivity index (χ3n) is 11.7. The van der Waals surface area contributed by atoms with E-state index in [4.69, 9.17) is 15.0 Å². The van der Waals surface area contributed by atoms with Crippen molar-refractivity contribution in [2.75, 3.05) is 0 Å². The van der Waals surface area contributed by atoms with Gasteiger partial charge in [0.15, 0.2) is 17.5 Å². The van der Waals surface area contributed by atoms with E-state index < -0.39 is 0 Å². The molecule has 274 valence electrons. The quantitative estimate of drug-likeness (QED) is 0.169. The van der Waals surface area contributed by atoms with Gasteiger partial charge in [0, 0.05) is 42.3 Å². The van der Waals surface area contributed by atoms with Crippen LogP contribution in [0.25, 0.3) is 98.8 Å². The normalized spacial score (nSPS) is 12.8. The van der Waals surface area contributed by atoms with Crippen molar-refractivity contribution >= 4 is 31.5 Å². The summed E-state index contributed by atoms with van der Waals surface area (Å²) in [5.74, 6) is 1.91. The molecule has 4 heteroatoms. The highest BCUT2D eigenvalue weighted by atomic mass is 32.1. The highest BCUT2D eigenvalue weighted by molar-refractivity contribution is 7.26.